The molecule has 1 aromatic heterocycles. The third-order valence-electron chi connectivity index (χ3n) is 5.13. The molecule has 2 rings (SSSR count). The third-order valence-corrected chi connectivity index (χ3v) is 5.13. The molecule has 0 N–H and O–H groups in total. The molecule has 0 amide bonds. The summed E-state index contributed by atoms with van der Waals surface area (Å²) in [5.74, 6) is 0.325. The van der Waals surface area contributed by atoms with Crippen molar-refractivity contribution in [1.82, 2.24) is 4.98 Å². The summed E-state index contributed by atoms with van der Waals surface area (Å²) in [6.45, 7) is 5.09. The Hall–Kier alpha value is -1.90. The normalized spacial score (nSPS) is 11.0. The number of aryl methyl sites for hydroxylation is 1. The van der Waals surface area contributed by atoms with E-state index in [1.165, 1.54) is 69.4 Å². The van der Waals surface area contributed by atoms with Gasteiger partial charge in [0.1, 0.15) is 11.6 Å². The fourth-order valence-corrected chi connectivity index (χ4v) is 3.35. The van der Waals surface area contributed by atoms with Crippen LogP contribution in [0.3, 0.4) is 0 Å². The van der Waals surface area contributed by atoms with Crippen molar-refractivity contribution in [2.45, 2.75) is 84.5 Å². The van der Waals surface area contributed by atoms with E-state index in [0.717, 1.165) is 12.8 Å². The van der Waals surface area contributed by atoms with Crippen molar-refractivity contribution < 1.29 is 9.13 Å². The van der Waals surface area contributed by atoms with Gasteiger partial charge >= 0.3 is 0 Å². The van der Waals surface area contributed by atoms with Gasteiger partial charge in [0.2, 0.25) is 0 Å². The van der Waals surface area contributed by atoms with Gasteiger partial charge in [-0.25, -0.2) is 4.39 Å². The van der Waals surface area contributed by atoms with Crippen molar-refractivity contribution in [2.75, 3.05) is 6.61 Å². The van der Waals surface area contributed by atoms with Crippen LogP contribution in [0.5, 0.6) is 5.75 Å². The Morgan fingerprint density at radius 2 is 1.54 bits per heavy atom. The molecule has 0 saturated heterocycles. The molecule has 0 fully saturated rings. The number of benzene rings is 1. The lowest BCUT2D eigenvalue weighted by Gasteiger charge is -2.09. The lowest BCUT2D eigenvalue weighted by Crippen LogP contribution is -1.98. The van der Waals surface area contributed by atoms with Crippen molar-refractivity contribution in [2.24, 2.45) is 0 Å². The van der Waals surface area contributed by atoms with Crippen LogP contribution >= 0.6 is 0 Å². The van der Waals surface area contributed by atoms with Crippen molar-refractivity contribution in [3.05, 3.63) is 47.9 Å². The molecule has 1 aromatic carbocycles. The molecule has 0 atom stereocenters. The van der Waals surface area contributed by atoms with Gasteiger partial charge in [-0.2, -0.15) is 0 Å². The Bertz CT molecular complexity index is 669. The predicted octanol–water partition coefficient (Wildman–Crippen LogP) is 7.75. The predicted molar refractivity (Wildman–Crippen MR) is 116 cm³/mol. The topological polar surface area (TPSA) is 22.1 Å². The summed E-state index contributed by atoms with van der Waals surface area (Å²) in [4.78, 5) is 4.47. The Kier molecular flexibility index (Phi) is 10.6. The molecule has 0 bridgehead atoms. The second kappa shape index (κ2) is 13.3. The highest BCUT2D eigenvalue weighted by Crippen LogP contribution is 2.25. The average Bonchev–Trinajstić information content (AvgIpc) is 2.71. The maximum Gasteiger partial charge on any atom is 0.136 e. The number of nitrogens with zero attached hydrogens (tertiary/aromatic N) is 1. The molecule has 0 unspecified atom stereocenters. The maximum atomic E-state index is 14.5. The van der Waals surface area contributed by atoms with E-state index in [0.29, 0.717) is 23.6 Å². The largest absolute Gasteiger partial charge is 0.493 e. The van der Waals surface area contributed by atoms with Crippen LogP contribution in [0.4, 0.5) is 4.39 Å². The Morgan fingerprint density at radius 1 is 0.821 bits per heavy atom. The summed E-state index contributed by atoms with van der Waals surface area (Å²) < 4.78 is 20.2. The molecular weight excluding hydrogens is 349 g/mol. The first-order chi connectivity index (χ1) is 13.7. The fraction of sp³-hybridized carbons (Fsp3) is 0.560. The van der Waals surface area contributed by atoms with Crippen LogP contribution in [-0.4, -0.2) is 11.6 Å². The molecule has 0 radical (unpaired) electrons. The first-order valence-corrected chi connectivity index (χ1v) is 11.1. The lowest BCUT2D eigenvalue weighted by molar-refractivity contribution is 0.303. The van der Waals surface area contributed by atoms with E-state index in [2.05, 4.69) is 24.9 Å². The Balaban J connectivity index is 1.81. The minimum absolute atomic E-state index is 0.274. The van der Waals surface area contributed by atoms with Gasteiger partial charge in [-0.3, -0.25) is 4.98 Å². The fourth-order valence-electron chi connectivity index (χ4n) is 3.35. The zero-order chi connectivity index (χ0) is 20.0. The number of halogens is 1. The minimum atomic E-state index is -0.274. The number of hydrogen-bond acceptors (Lipinski definition) is 2. The third kappa shape index (κ3) is 8.00. The highest BCUT2D eigenvalue weighted by molar-refractivity contribution is 5.61. The van der Waals surface area contributed by atoms with E-state index < -0.39 is 0 Å². The number of pyridine rings is 1. The first kappa shape index (κ1) is 22.4. The quantitative estimate of drug-likeness (QED) is 0.310. The summed E-state index contributed by atoms with van der Waals surface area (Å²) in [6, 6.07) is 9.08. The zero-order valence-electron chi connectivity index (χ0n) is 17.7. The number of rotatable bonds is 14. The molecule has 2 aromatic rings. The molecule has 1 heterocycles. The second-order valence-corrected chi connectivity index (χ2v) is 7.62. The van der Waals surface area contributed by atoms with Crippen LogP contribution < -0.4 is 4.74 Å². The molecule has 154 valence electrons. The van der Waals surface area contributed by atoms with Crippen LogP contribution in [0.1, 0.15) is 83.6 Å². The lowest BCUT2D eigenvalue weighted by atomic mass is 10.1. The van der Waals surface area contributed by atoms with Gasteiger partial charge in [0.25, 0.3) is 0 Å². The highest BCUT2D eigenvalue weighted by Gasteiger charge is 2.08. The van der Waals surface area contributed by atoms with Gasteiger partial charge in [-0.1, -0.05) is 71.3 Å². The summed E-state index contributed by atoms with van der Waals surface area (Å²) in [6.07, 6.45) is 15.2. The first-order valence-electron chi connectivity index (χ1n) is 11.1. The van der Waals surface area contributed by atoms with Crippen molar-refractivity contribution in [3.8, 4) is 17.0 Å². The molecule has 0 aliphatic rings. The SMILES string of the molecule is CCCCCCCCOc1ccc(-c2ccc(CCCCCC)cn2)c(F)c1. The summed E-state index contributed by atoms with van der Waals surface area (Å²) in [5.41, 5.74) is 2.43. The van der Waals surface area contributed by atoms with Crippen molar-refractivity contribution >= 4 is 0 Å². The molecule has 0 aliphatic heterocycles. The van der Waals surface area contributed by atoms with Gasteiger partial charge in [0.15, 0.2) is 0 Å². The van der Waals surface area contributed by atoms with Crippen LogP contribution in [0.25, 0.3) is 11.3 Å². The molecule has 3 heteroatoms. The highest BCUT2D eigenvalue weighted by atomic mass is 19.1. The molecular formula is C25H36FNO. The van der Waals surface area contributed by atoms with Crippen LogP contribution in [0, 0.1) is 5.82 Å². The Labute approximate surface area is 170 Å². The van der Waals surface area contributed by atoms with E-state index in [1.807, 2.05) is 18.3 Å². The van der Waals surface area contributed by atoms with E-state index >= 15 is 0 Å². The molecule has 28 heavy (non-hydrogen) atoms. The minimum Gasteiger partial charge on any atom is -0.493 e. The van der Waals surface area contributed by atoms with Crippen molar-refractivity contribution in [3.63, 3.8) is 0 Å². The van der Waals surface area contributed by atoms with Gasteiger partial charge in [-0.15, -0.1) is 0 Å². The standard InChI is InChI=1S/C25H36FNO/c1-3-5-7-9-10-12-18-28-22-15-16-23(24(26)19-22)25-17-14-21(20-27-25)13-11-8-6-4-2/h14-17,19-20H,3-13,18H2,1-2H3. The van der Waals surface area contributed by atoms with E-state index in [1.54, 1.807) is 6.07 Å². The Morgan fingerprint density at radius 3 is 2.21 bits per heavy atom. The molecule has 0 aliphatic carbocycles. The second-order valence-electron chi connectivity index (χ2n) is 7.62. The van der Waals surface area contributed by atoms with E-state index in [9.17, 15) is 4.39 Å². The summed E-state index contributed by atoms with van der Waals surface area (Å²) in [5, 5.41) is 0. The smallest absolute Gasteiger partial charge is 0.136 e. The number of ether oxygens (including phenoxy) is 1. The average molecular weight is 386 g/mol. The van der Waals surface area contributed by atoms with Gasteiger partial charge in [0, 0.05) is 17.8 Å². The van der Waals surface area contributed by atoms with Gasteiger partial charge in [0.05, 0.1) is 12.3 Å². The molecule has 0 spiro atoms. The van der Waals surface area contributed by atoms with Gasteiger partial charge in [-0.05, 0) is 43.0 Å². The number of hydrogen-bond donors (Lipinski definition) is 0. The summed E-state index contributed by atoms with van der Waals surface area (Å²) in [7, 11) is 0. The number of unbranched alkanes of at least 4 members (excludes halogenated alkanes) is 8. The van der Waals surface area contributed by atoms with E-state index in [4.69, 9.17) is 4.74 Å². The van der Waals surface area contributed by atoms with Gasteiger partial charge < -0.3 is 4.74 Å². The molecule has 2 nitrogen and oxygen atoms in total. The summed E-state index contributed by atoms with van der Waals surface area (Å²) >= 11 is 0. The monoisotopic (exact) mass is 385 g/mol. The van der Waals surface area contributed by atoms with Crippen LogP contribution in [0.2, 0.25) is 0 Å². The maximum absolute atomic E-state index is 14.5. The number of aromatic nitrogens is 1. The van der Waals surface area contributed by atoms with Crippen molar-refractivity contribution in [1.29, 1.82) is 0 Å². The van der Waals surface area contributed by atoms with Crippen LogP contribution in [0.15, 0.2) is 36.5 Å². The van der Waals surface area contributed by atoms with Crippen LogP contribution in [-0.2, 0) is 6.42 Å². The van der Waals surface area contributed by atoms with E-state index in [-0.39, 0.29) is 5.82 Å². The molecule has 0 saturated carbocycles. The zero-order valence-corrected chi connectivity index (χ0v) is 17.7.